The van der Waals surface area contributed by atoms with E-state index in [1.807, 2.05) is 31.2 Å². The quantitative estimate of drug-likeness (QED) is 0.246. The standard InChI is InChI=1S/C25H22ClN5O4S.ClH/c1-3-34-24(33)23-22-13(8-28-23)19(20-15(29-22)9-27-10-16(20)32)17-4-5-18(35-17)36-25-30-14-7-12(26)6-11(2)21(14)31-25;/h4-8,19,27-29H,3,9-10H2,1-2H3,(H,30,31);1H. The number of aromatic nitrogens is 3. The highest BCUT2D eigenvalue weighted by atomic mass is 35.5. The predicted molar refractivity (Wildman–Crippen MR) is 143 cm³/mol. The molecular formula is C25H23Cl2N5O4S. The topological polar surface area (TPSA) is 125 Å². The van der Waals surface area contributed by atoms with E-state index in [0.29, 0.717) is 44.5 Å². The maximum atomic E-state index is 13.0. The molecule has 3 aromatic heterocycles. The minimum Gasteiger partial charge on any atom is -0.461 e. The van der Waals surface area contributed by atoms with Gasteiger partial charge in [-0.15, -0.1) is 12.4 Å². The number of H-pyrrole nitrogens is 2. The molecular weight excluding hydrogens is 537 g/mol. The zero-order valence-electron chi connectivity index (χ0n) is 19.9. The van der Waals surface area contributed by atoms with E-state index < -0.39 is 11.9 Å². The number of aromatic amines is 2. The Labute approximate surface area is 227 Å². The summed E-state index contributed by atoms with van der Waals surface area (Å²) in [6.07, 6.45) is 1.74. The van der Waals surface area contributed by atoms with E-state index in [0.717, 1.165) is 27.9 Å². The fraction of sp³-hybridized carbons (Fsp3) is 0.240. The van der Waals surface area contributed by atoms with Crippen LogP contribution in [0.2, 0.25) is 5.02 Å². The Morgan fingerprint density at radius 1 is 1.30 bits per heavy atom. The summed E-state index contributed by atoms with van der Waals surface area (Å²) in [6.45, 7) is 4.71. The molecule has 0 bridgehead atoms. The second-order valence-corrected chi connectivity index (χ2v) is 10.0. The highest BCUT2D eigenvalue weighted by Crippen LogP contribution is 2.45. The number of fused-ring (bicyclic) bond motifs is 2. The first-order valence-corrected chi connectivity index (χ1v) is 12.7. The number of hydrogen-bond acceptors (Lipinski definition) is 8. The van der Waals surface area contributed by atoms with Crippen molar-refractivity contribution in [2.24, 2.45) is 0 Å². The third-order valence-corrected chi connectivity index (χ3v) is 7.32. The van der Waals surface area contributed by atoms with Crippen LogP contribution in [0.3, 0.4) is 0 Å². The van der Waals surface area contributed by atoms with Crippen molar-refractivity contribution < 1.29 is 18.7 Å². The molecule has 2 aliphatic heterocycles. The SMILES string of the molecule is CCOC(=O)c1[nH]cc2c1NC1=C(C(=O)CNC1)C2c1ccc(Sc2nc3cc(Cl)cc(C)c3[nH]2)o1.Cl. The van der Waals surface area contributed by atoms with E-state index in [2.05, 4.69) is 25.6 Å². The van der Waals surface area contributed by atoms with Crippen LogP contribution in [0.4, 0.5) is 5.69 Å². The number of anilines is 1. The molecule has 9 nitrogen and oxygen atoms in total. The molecule has 0 fully saturated rings. The van der Waals surface area contributed by atoms with E-state index in [4.69, 9.17) is 20.8 Å². The number of imidazole rings is 1. The van der Waals surface area contributed by atoms with Crippen LogP contribution >= 0.6 is 35.8 Å². The number of aryl methyl sites for hydroxylation is 1. The number of ether oxygens (including phenoxy) is 1. The maximum absolute atomic E-state index is 13.0. The smallest absolute Gasteiger partial charge is 0.356 e. The first kappa shape index (κ1) is 25.5. The molecule has 4 N–H and O–H groups in total. The minimum atomic E-state index is -0.462. The second kappa shape index (κ2) is 9.94. The highest BCUT2D eigenvalue weighted by Gasteiger charge is 2.39. The molecule has 2 aliphatic rings. The first-order chi connectivity index (χ1) is 17.4. The lowest BCUT2D eigenvalue weighted by Gasteiger charge is -2.31. The lowest BCUT2D eigenvalue weighted by Crippen LogP contribution is -2.39. The number of Topliss-reactive ketones (excluding diaryl/α,β-unsaturated/α-hetero) is 1. The van der Waals surface area contributed by atoms with Crippen molar-refractivity contribution in [3.05, 3.63) is 69.3 Å². The summed E-state index contributed by atoms with van der Waals surface area (Å²) in [5, 5.41) is 8.32. The van der Waals surface area contributed by atoms with Gasteiger partial charge in [0.2, 0.25) is 0 Å². The molecule has 0 spiro atoms. The van der Waals surface area contributed by atoms with Gasteiger partial charge in [-0.3, -0.25) is 4.79 Å². The number of carbonyl (C=O) groups excluding carboxylic acids is 2. The van der Waals surface area contributed by atoms with Gasteiger partial charge >= 0.3 is 5.97 Å². The minimum absolute atomic E-state index is 0. The first-order valence-electron chi connectivity index (χ1n) is 11.5. The summed E-state index contributed by atoms with van der Waals surface area (Å²) in [5.41, 5.74) is 5.75. The van der Waals surface area contributed by atoms with Crippen molar-refractivity contribution in [1.29, 1.82) is 0 Å². The summed E-state index contributed by atoms with van der Waals surface area (Å²) in [6, 6.07) is 7.43. The zero-order valence-corrected chi connectivity index (χ0v) is 22.2. The number of hydrogen-bond donors (Lipinski definition) is 4. The van der Waals surface area contributed by atoms with Crippen molar-refractivity contribution in [3.63, 3.8) is 0 Å². The number of rotatable bonds is 5. The number of ketones is 1. The van der Waals surface area contributed by atoms with E-state index >= 15 is 0 Å². The van der Waals surface area contributed by atoms with Crippen molar-refractivity contribution in [2.45, 2.75) is 30.0 Å². The summed E-state index contributed by atoms with van der Waals surface area (Å²) in [4.78, 5) is 36.5. The number of nitrogens with zero attached hydrogens (tertiary/aromatic N) is 1. The Hall–Kier alpha value is -3.18. The molecule has 1 atom stereocenters. The van der Waals surface area contributed by atoms with Gasteiger partial charge in [0.15, 0.2) is 16.0 Å². The van der Waals surface area contributed by atoms with Crippen LogP contribution in [0.1, 0.15) is 40.2 Å². The van der Waals surface area contributed by atoms with Crippen molar-refractivity contribution in [3.8, 4) is 0 Å². The second-order valence-electron chi connectivity index (χ2n) is 8.61. The zero-order chi connectivity index (χ0) is 25.0. The molecule has 1 aromatic carbocycles. The van der Waals surface area contributed by atoms with Crippen molar-refractivity contribution >= 4 is 64.2 Å². The predicted octanol–water partition coefficient (Wildman–Crippen LogP) is 5.18. The van der Waals surface area contributed by atoms with Crippen LogP contribution in [0.25, 0.3) is 11.0 Å². The van der Waals surface area contributed by atoms with Gasteiger partial charge in [-0.2, -0.15) is 0 Å². The molecule has 6 rings (SSSR count). The van der Waals surface area contributed by atoms with Gasteiger partial charge in [-0.25, -0.2) is 9.78 Å². The Bertz CT molecular complexity index is 1570. The summed E-state index contributed by atoms with van der Waals surface area (Å²) >= 11 is 7.53. The van der Waals surface area contributed by atoms with Crippen molar-refractivity contribution in [2.75, 3.05) is 25.0 Å². The maximum Gasteiger partial charge on any atom is 0.356 e. The summed E-state index contributed by atoms with van der Waals surface area (Å²) in [7, 11) is 0. The van der Waals surface area contributed by atoms with E-state index in [9.17, 15) is 9.59 Å². The molecule has 4 aromatic rings. The third-order valence-electron chi connectivity index (χ3n) is 6.30. The molecule has 0 amide bonds. The number of halogens is 2. The fourth-order valence-electron chi connectivity index (χ4n) is 4.78. The lowest BCUT2D eigenvalue weighted by molar-refractivity contribution is -0.115. The van der Waals surface area contributed by atoms with Gasteiger partial charge < -0.3 is 29.8 Å². The number of benzene rings is 1. The van der Waals surface area contributed by atoms with Crippen LogP contribution in [0.5, 0.6) is 0 Å². The van der Waals surface area contributed by atoms with Crippen molar-refractivity contribution in [1.82, 2.24) is 20.3 Å². The van der Waals surface area contributed by atoms with Gasteiger partial charge in [0.1, 0.15) is 11.5 Å². The highest BCUT2D eigenvalue weighted by molar-refractivity contribution is 7.99. The molecule has 192 valence electrons. The molecule has 0 saturated heterocycles. The number of furan rings is 1. The van der Waals surface area contributed by atoms with E-state index in [-0.39, 0.29) is 31.3 Å². The van der Waals surface area contributed by atoms with Gasteiger partial charge in [0.25, 0.3) is 0 Å². The molecule has 37 heavy (non-hydrogen) atoms. The third kappa shape index (κ3) is 4.44. The Balaban J connectivity index is 0.00000280. The van der Waals surface area contributed by atoms with Crippen LogP contribution in [-0.4, -0.2) is 46.4 Å². The molecule has 0 saturated carbocycles. The largest absolute Gasteiger partial charge is 0.461 e. The number of carbonyl (C=O) groups is 2. The molecule has 0 radical (unpaired) electrons. The Morgan fingerprint density at radius 3 is 2.95 bits per heavy atom. The summed E-state index contributed by atoms with van der Waals surface area (Å²) < 4.78 is 11.5. The van der Waals surface area contributed by atoms with Gasteiger partial charge in [-0.1, -0.05) is 11.6 Å². The normalized spacial score (nSPS) is 16.7. The number of esters is 1. The van der Waals surface area contributed by atoms with Crippen LogP contribution < -0.4 is 10.6 Å². The monoisotopic (exact) mass is 559 g/mol. The fourth-order valence-corrected chi connectivity index (χ4v) is 5.81. The van der Waals surface area contributed by atoms with E-state index in [1.54, 1.807) is 13.1 Å². The lowest BCUT2D eigenvalue weighted by atomic mass is 9.82. The summed E-state index contributed by atoms with van der Waals surface area (Å²) in [5.74, 6) is -0.335. The van der Waals surface area contributed by atoms with Crippen LogP contribution in [0.15, 0.2) is 56.4 Å². The van der Waals surface area contributed by atoms with E-state index in [1.165, 1.54) is 11.8 Å². The van der Waals surface area contributed by atoms with Gasteiger partial charge in [-0.05, 0) is 55.4 Å². The Kier molecular flexibility index (Phi) is 6.84. The average molecular weight is 560 g/mol. The average Bonchev–Trinajstić information content (AvgIpc) is 3.56. The van der Waals surface area contributed by atoms with Gasteiger partial charge in [0.05, 0.1) is 35.8 Å². The molecule has 1 unspecified atom stereocenters. The molecule has 5 heterocycles. The van der Waals surface area contributed by atoms with Crippen LogP contribution in [-0.2, 0) is 9.53 Å². The molecule has 12 heteroatoms. The Morgan fingerprint density at radius 2 is 2.14 bits per heavy atom. The van der Waals surface area contributed by atoms with Crippen LogP contribution in [0, 0.1) is 6.92 Å². The van der Waals surface area contributed by atoms with Gasteiger partial charge in [0, 0.05) is 34.6 Å². The molecule has 0 aliphatic carbocycles. The number of nitrogens with one attached hydrogen (secondary N) is 4.